The van der Waals surface area contributed by atoms with E-state index < -0.39 is 36.3 Å². The van der Waals surface area contributed by atoms with E-state index in [1.807, 2.05) is 0 Å². The fraction of sp³-hybridized carbons (Fsp3) is 0.500. The molecule has 0 bridgehead atoms. The maximum atomic E-state index is 10.7. The third kappa shape index (κ3) is 2.18. The average Bonchev–Trinajstić information content (AvgIpc) is 2.32. The largest absolute Gasteiger partial charge is 2.00 e. The van der Waals surface area contributed by atoms with Crippen LogP contribution in [0.25, 0.3) is 0 Å². The maximum Gasteiger partial charge on any atom is 2.00 e. The van der Waals surface area contributed by atoms with Crippen LogP contribution in [0.4, 0.5) is 0 Å². The number of aliphatic hydroxyl groups excluding tert-OH is 2. The van der Waals surface area contributed by atoms with Crippen molar-refractivity contribution in [2.75, 3.05) is 6.61 Å². The summed E-state index contributed by atoms with van der Waals surface area (Å²) >= 11 is 0. The molecular weight excluding hydrogens is 233 g/mol. The van der Waals surface area contributed by atoms with Crippen LogP contribution in [0.2, 0.25) is 0 Å². The molecule has 7 heteroatoms. The predicted molar refractivity (Wildman–Crippen MR) is 30.4 cm³/mol. The summed E-state index contributed by atoms with van der Waals surface area (Å²) in [5.41, 5.74) is 0. The van der Waals surface area contributed by atoms with Gasteiger partial charge in [-0.2, -0.15) is 0 Å². The first-order valence-corrected chi connectivity index (χ1v) is 3.15. The van der Waals surface area contributed by atoms with Gasteiger partial charge >= 0.3 is 25.4 Å². The Morgan fingerprint density at radius 2 is 2.15 bits per heavy atom. The van der Waals surface area contributed by atoms with Gasteiger partial charge in [0.15, 0.2) is 0 Å². The Balaban J connectivity index is 0.00000144. The van der Waals surface area contributed by atoms with Crippen LogP contribution in [0.3, 0.4) is 0 Å². The van der Waals surface area contributed by atoms with Crippen LogP contribution >= 0.6 is 0 Å². The zero-order chi connectivity index (χ0) is 9.30. The molecule has 2 atom stereocenters. The summed E-state index contributed by atoms with van der Waals surface area (Å²) in [6.07, 6.45) is -3.24. The van der Waals surface area contributed by atoms with Crippen molar-refractivity contribution >= 4 is 5.97 Å². The van der Waals surface area contributed by atoms with Crippen LogP contribution in [0, 0.1) is 0 Å². The van der Waals surface area contributed by atoms with Crippen LogP contribution in [-0.2, 0) is 29.0 Å². The Hall–Kier alpha value is -0.647. The number of cyclic esters (lactones) is 1. The van der Waals surface area contributed by atoms with Crippen LogP contribution in [0.15, 0.2) is 11.5 Å². The second kappa shape index (κ2) is 4.55. The second-order valence-electron chi connectivity index (χ2n) is 2.26. The Bertz CT molecular complexity index is 237. The Morgan fingerprint density at radius 1 is 1.62 bits per heavy atom. The van der Waals surface area contributed by atoms with Crippen LogP contribution in [-0.4, -0.2) is 35.0 Å². The Morgan fingerprint density at radius 3 is 2.46 bits per heavy atom. The third-order valence-electron chi connectivity index (χ3n) is 1.44. The SMILES string of the molecule is O=C1O[C@H]([C@@H]([O-])CO)C(O)=C1[O-].[Zn+2]. The van der Waals surface area contributed by atoms with Gasteiger partial charge in [-0.3, -0.25) is 0 Å². The number of esters is 1. The number of rotatable bonds is 2. The monoisotopic (exact) mass is 238 g/mol. The summed E-state index contributed by atoms with van der Waals surface area (Å²) < 4.78 is 4.19. The molecule has 68 valence electrons. The second-order valence-corrected chi connectivity index (χ2v) is 2.26. The van der Waals surface area contributed by atoms with Gasteiger partial charge in [-0.15, -0.1) is 0 Å². The molecule has 2 N–H and O–H groups in total. The topological polar surface area (TPSA) is 113 Å². The zero-order valence-corrected chi connectivity index (χ0v) is 9.56. The van der Waals surface area contributed by atoms with E-state index in [2.05, 4.69) is 4.74 Å². The molecule has 13 heavy (non-hydrogen) atoms. The summed E-state index contributed by atoms with van der Waals surface area (Å²) in [4.78, 5) is 10.4. The summed E-state index contributed by atoms with van der Waals surface area (Å²) in [6.45, 7) is -0.810. The minimum atomic E-state index is -1.71. The molecule has 0 amide bonds. The summed E-state index contributed by atoms with van der Waals surface area (Å²) in [7, 11) is 0. The van der Waals surface area contributed by atoms with E-state index in [4.69, 9.17) is 10.2 Å². The molecule has 1 heterocycles. The first-order chi connectivity index (χ1) is 5.57. The van der Waals surface area contributed by atoms with Crippen molar-refractivity contribution in [2.45, 2.75) is 12.2 Å². The van der Waals surface area contributed by atoms with E-state index in [0.29, 0.717) is 0 Å². The molecule has 1 aliphatic rings. The minimum absolute atomic E-state index is 0. The molecule has 0 saturated heterocycles. The first-order valence-electron chi connectivity index (χ1n) is 3.15. The standard InChI is InChI=1S/C6H7O6.Zn/c7-1-2(8)5-3(9)4(10)6(11)12-5;/h2,5,7,9-10H,1H2;/q-1;+2/p-1/t2-,5+;/m0./s1. The fourth-order valence-electron chi connectivity index (χ4n) is 0.806. The normalized spacial score (nSPS) is 23.8. The van der Waals surface area contributed by atoms with Crippen LogP contribution in [0.5, 0.6) is 0 Å². The molecule has 0 saturated carbocycles. The van der Waals surface area contributed by atoms with Gasteiger partial charge in [-0.05, 0) is 0 Å². The van der Waals surface area contributed by atoms with Gasteiger partial charge < -0.3 is 25.2 Å². The van der Waals surface area contributed by atoms with Crippen molar-refractivity contribution in [1.29, 1.82) is 0 Å². The van der Waals surface area contributed by atoms with Gasteiger partial charge in [0.25, 0.3) is 0 Å². The molecule has 1 aliphatic heterocycles. The summed E-state index contributed by atoms with van der Waals surface area (Å²) in [5, 5.41) is 38.5. The van der Waals surface area contributed by atoms with Crippen LogP contribution < -0.4 is 10.2 Å². The fourth-order valence-corrected chi connectivity index (χ4v) is 0.806. The van der Waals surface area contributed by atoms with Crippen molar-refractivity contribution in [3.05, 3.63) is 11.5 Å². The molecule has 6 nitrogen and oxygen atoms in total. The smallest absolute Gasteiger partial charge is 0.865 e. The van der Waals surface area contributed by atoms with Crippen molar-refractivity contribution in [2.24, 2.45) is 0 Å². The summed E-state index contributed by atoms with van der Waals surface area (Å²) in [6, 6.07) is 0. The van der Waals surface area contributed by atoms with Gasteiger partial charge in [0.2, 0.25) is 0 Å². The zero-order valence-electron chi connectivity index (χ0n) is 6.60. The van der Waals surface area contributed by atoms with E-state index in [-0.39, 0.29) is 19.5 Å². The van der Waals surface area contributed by atoms with E-state index in [0.717, 1.165) is 0 Å². The molecule has 0 spiro atoms. The molecular formula is C6H6O6Zn. The molecule has 0 aliphatic carbocycles. The molecule has 0 aromatic carbocycles. The summed E-state index contributed by atoms with van der Waals surface area (Å²) in [5.74, 6) is -3.39. The van der Waals surface area contributed by atoms with Gasteiger partial charge in [0.05, 0.1) is 0 Å². The van der Waals surface area contributed by atoms with Crippen molar-refractivity contribution < 1.29 is 49.4 Å². The van der Waals surface area contributed by atoms with Gasteiger partial charge in [0.1, 0.15) is 11.9 Å². The van der Waals surface area contributed by atoms with Gasteiger partial charge in [-0.1, -0.05) is 6.10 Å². The molecule has 0 fully saturated rings. The number of hydrogen-bond acceptors (Lipinski definition) is 6. The van der Waals surface area contributed by atoms with Crippen molar-refractivity contribution in [3.8, 4) is 0 Å². The van der Waals surface area contributed by atoms with E-state index in [9.17, 15) is 15.0 Å². The Labute approximate surface area is 86.2 Å². The molecule has 0 aromatic heterocycles. The minimum Gasteiger partial charge on any atom is -0.865 e. The van der Waals surface area contributed by atoms with E-state index in [1.165, 1.54) is 0 Å². The number of aliphatic hydroxyl groups is 2. The molecule has 0 unspecified atom stereocenters. The predicted octanol–water partition coefficient (Wildman–Crippen LogP) is -3.24. The van der Waals surface area contributed by atoms with Crippen molar-refractivity contribution in [1.82, 2.24) is 0 Å². The van der Waals surface area contributed by atoms with E-state index in [1.54, 1.807) is 0 Å². The van der Waals surface area contributed by atoms with E-state index >= 15 is 0 Å². The molecule has 0 radical (unpaired) electrons. The van der Waals surface area contributed by atoms with Gasteiger partial charge in [-0.25, -0.2) is 4.79 Å². The number of ether oxygens (including phenoxy) is 1. The number of carbonyl (C=O) groups excluding carboxylic acids is 1. The molecule has 1 rings (SSSR count). The van der Waals surface area contributed by atoms with Crippen LogP contribution in [0.1, 0.15) is 0 Å². The third-order valence-corrected chi connectivity index (χ3v) is 1.44. The quantitative estimate of drug-likeness (QED) is 0.387. The van der Waals surface area contributed by atoms with Crippen molar-refractivity contribution in [3.63, 3.8) is 0 Å². The number of carbonyl (C=O) groups is 1. The average molecular weight is 239 g/mol. The van der Waals surface area contributed by atoms with Gasteiger partial charge in [0, 0.05) is 12.4 Å². The first kappa shape index (κ1) is 12.4. The maximum absolute atomic E-state index is 10.7. The number of hydrogen-bond donors (Lipinski definition) is 2. The Kier molecular flexibility index (Phi) is 4.32. The molecule has 0 aromatic rings.